The Morgan fingerprint density at radius 3 is 2.50 bits per heavy atom. The Labute approximate surface area is 160 Å². The number of rotatable bonds is 5. The molecule has 0 unspecified atom stereocenters. The van der Waals surface area contributed by atoms with Crippen LogP contribution in [0.3, 0.4) is 0 Å². The Kier molecular flexibility index (Phi) is 6.08. The molecule has 1 fully saturated rings. The van der Waals surface area contributed by atoms with Gasteiger partial charge in [0.2, 0.25) is 6.29 Å². The van der Waals surface area contributed by atoms with E-state index in [9.17, 15) is 35.4 Å². The molecule has 2 aliphatic heterocycles. The summed E-state index contributed by atoms with van der Waals surface area (Å²) in [6.45, 7) is -1.34. The standard InChI is InChI=1S/C17H24O11/c1-25-14(23)8-5-26-15(10-7(8)2-3-17(10,24)6-19)28-16-13(22)12(21)11(20)9(4-18)27-16/h2-3,5,7,9-13,15-16,18-22,24H,4,6H2,1H3/t7-,9-,10-,11+,12+,13-,15+,16+,17+/m1/s1. The van der Waals surface area contributed by atoms with Crippen molar-refractivity contribution < 1.29 is 54.4 Å². The van der Waals surface area contributed by atoms with Crippen LogP contribution in [-0.2, 0) is 23.7 Å². The van der Waals surface area contributed by atoms with Crippen molar-refractivity contribution >= 4 is 5.97 Å². The van der Waals surface area contributed by atoms with E-state index in [2.05, 4.69) is 0 Å². The zero-order chi connectivity index (χ0) is 20.6. The molecule has 6 N–H and O–H groups in total. The van der Waals surface area contributed by atoms with E-state index in [4.69, 9.17) is 18.9 Å². The Bertz CT molecular complexity index is 647. The van der Waals surface area contributed by atoms with Crippen molar-refractivity contribution in [1.82, 2.24) is 0 Å². The van der Waals surface area contributed by atoms with Crippen molar-refractivity contribution in [1.29, 1.82) is 0 Å². The van der Waals surface area contributed by atoms with Crippen LogP contribution < -0.4 is 0 Å². The molecule has 0 saturated carbocycles. The molecule has 11 heteroatoms. The van der Waals surface area contributed by atoms with Crippen LogP contribution in [0.15, 0.2) is 24.0 Å². The number of methoxy groups -OCH3 is 1. The van der Waals surface area contributed by atoms with Crippen LogP contribution in [0.5, 0.6) is 0 Å². The third kappa shape index (κ3) is 3.44. The average Bonchev–Trinajstić information content (AvgIpc) is 3.06. The van der Waals surface area contributed by atoms with Gasteiger partial charge in [-0.2, -0.15) is 0 Å². The van der Waals surface area contributed by atoms with Crippen molar-refractivity contribution in [3.05, 3.63) is 24.0 Å². The third-order valence-corrected chi connectivity index (χ3v) is 5.33. The molecule has 11 nitrogen and oxygen atoms in total. The maximum absolute atomic E-state index is 12.0. The van der Waals surface area contributed by atoms with Gasteiger partial charge in [0.15, 0.2) is 6.29 Å². The number of esters is 1. The summed E-state index contributed by atoms with van der Waals surface area (Å²) in [6.07, 6.45) is -4.99. The van der Waals surface area contributed by atoms with Gasteiger partial charge >= 0.3 is 5.97 Å². The van der Waals surface area contributed by atoms with E-state index in [-0.39, 0.29) is 5.57 Å². The van der Waals surface area contributed by atoms with Gasteiger partial charge in [-0.3, -0.25) is 0 Å². The van der Waals surface area contributed by atoms with Gasteiger partial charge in [0.1, 0.15) is 30.0 Å². The average molecular weight is 404 g/mol. The summed E-state index contributed by atoms with van der Waals surface area (Å²) in [6, 6.07) is 0. The van der Waals surface area contributed by atoms with Crippen molar-refractivity contribution in [2.75, 3.05) is 20.3 Å². The summed E-state index contributed by atoms with van der Waals surface area (Å²) in [4.78, 5) is 12.0. The quantitative estimate of drug-likeness (QED) is 0.200. The predicted molar refractivity (Wildman–Crippen MR) is 88.0 cm³/mol. The lowest BCUT2D eigenvalue weighted by Crippen LogP contribution is -2.61. The molecule has 0 aromatic heterocycles. The Morgan fingerprint density at radius 1 is 1.18 bits per heavy atom. The highest BCUT2D eigenvalue weighted by Gasteiger charge is 2.55. The van der Waals surface area contributed by atoms with Crippen molar-refractivity contribution in [2.24, 2.45) is 11.8 Å². The van der Waals surface area contributed by atoms with E-state index < -0.39 is 73.6 Å². The number of aliphatic hydroxyl groups is 6. The first kappa shape index (κ1) is 21.1. The number of carbonyl (C=O) groups is 1. The summed E-state index contributed by atoms with van der Waals surface area (Å²) in [7, 11) is 1.19. The summed E-state index contributed by atoms with van der Waals surface area (Å²) in [5.41, 5.74) is -1.70. The van der Waals surface area contributed by atoms with Crippen LogP contribution in [0.4, 0.5) is 0 Å². The van der Waals surface area contributed by atoms with E-state index in [1.807, 2.05) is 0 Å². The predicted octanol–water partition coefficient (Wildman–Crippen LogP) is -3.26. The van der Waals surface area contributed by atoms with Crippen LogP contribution in [0, 0.1) is 11.8 Å². The van der Waals surface area contributed by atoms with Gasteiger partial charge in [0, 0.05) is 5.92 Å². The van der Waals surface area contributed by atoms with Gasteiger partial charge < -0.3 is 49.6 Å². The lowest BCUT2D eigenvalue weighted by molar-refractivity contribution is -0.346. The summed E-state index contributed by atoms with van der Waals surface area (Å²) < 4.78 is 21.0. The highest BCUT2D eigenvalue weighted by molar-refractivity contribution is 5.89. The van der Waals surface area contributed by atoms with E-state index in [0.717, 1.165) is 6.26 Å². The van der Waals surface area contributed by atoms with E-state index in [0.29, 0.717) is 0 Å². The van der Waals surface area contributed by atoms with Gasteiger partial charge in [0.25, 0.3) is 0 Å². The molecule has 0 aromatic carbocycles. The second-order valence-corrected chi connectivity index (χ2v) is 6.96. The van der Waals surface area contributed by atoms with E-state index >= 15 is 0 Å². The van der Waals surface area contributed by atoms with Gasteiger partial charge in [0.05, 0.1) is 38.1 Å². The first-order chi connectivity index (χ1) is 13.3. The third-order valence-electron chi connectivity index (χ3n) is 5.33. The molecule has 1 aliphatic carbocycles. The summed E-state index contributed by atoms with van der Waals surface area (Å²) in [5.74, 6) is -2.40. The van der Waals surface area contributed by atoms with Crippen LogP contribution in [0.1, 0.15) is 0 Å². The molecule has 3 rings (SSSR count). The molecule has 0 amide bonds. The molecular formula is C17H24O11. The zero-order valence-electron chi connectivity index (χ0n) is 15.0. The van der Waals surface area contributed by atoms with Gasteiger partial charge in [-0.25, -0.2) is 4.79 Å². The second kappa shape index (κ2) is 8.05. The number of hydrogen-bond acceptors (Lipinski definition) is 11. The molecule has 2 heterocycles. The van der Waals surface area contributed by atoms with Crippen LogP contribution >= 0.6 is 0 Å². The molecule has 3 aliphatic rings. The number of ether oxygens (including phenoxy) is 4. The fourth-order valence-electron chi connectivity index (χ4n) is 3.71. The normalized spacial score (nSPS) is 45.2. The molecule has 158 valence electrons. The lowest BCUT2D eigenvalue weighted by atomic mass is 9.79. The number of carbonyl (C=O) groups excluding carboxylic acids is 1. The van der Waals surface area contributed by atoms with Crippen molar-refractivity contribution in [3.63, 3.8) is 0 Å². The number of fused-ring (bicyclic) bond motifs is 1. The minimum absolute atomic E-state index is 0.0989. The first-order valence-corrected chi connectivity index (χ1v) is 8.69. The van der Waals surface area contributed by atoms with Crippen molar-refractivity contribution in [3.8, 4) is 0 Å². The topological polar surface area (TPSA) is 175 Å². The lowest BCUT2D eigenvalue weighted by Gasteiger charge is -2.44. The van der Waals surface area contributed by atoms with E-state index in [1.54, 1.807) is 0 Å². The van der Waals surface area contributed by atoms with Crippen LogP contribution in [-0.4, -0.2) is 99.5 Å². The van der Waals surface area contributed by atoms with Gasteiger partial charge in [-0.05, 0) is 0 Å². The minimum Gasteiger partial charge on any atom is -0.471 e. The maximum Gasteiger partial charge on any atom is 0.337 e. The Hall–Kier alpha value is -1.57. The van der Waals surface area contributed by atoms with E-state index in [1.165, 1.54) is 19.3 Å². The zero-order valence-corrected chi connectivity index (χ0v) is 15.0. The van der Waals surface area contributed by atoms with Crippen LogP contribution in [0.2, 0.25) is 0 Å². The van der Waals surface area contributed by atoms with Crippen LogP contribution in [0.25, 0.3) is 0 Å². The largest absolute Gasteiger partial charge is 0.471 e. The molecule has 0 bridgehead atoms. The smallest absolute Gasteiger partial charge is 0.337 e. The molecule has 28 heavy (non-hydrogen) atoms. The molecule has 0 aromatic rings. The minimum atomic E-state index is -1.79. The molecular weight excluding hydrogens is 380 g/mol. The molecule has 0 radical (unpaired) electrons. The van der Waals surface area contributed by atoms with Gasteiger partial charge in [-0.15, -0.1) is 0 Å². The Morgan fingerprint density at radius 2 is 1.89 bits per heavy atom. The van der Waals surface area contributed by atoms with Crippen molar-refractivity contribution in [2.45, 2.75) is 42.6 Å². The highest BCUT2D eigenvalue weighted by atomic mass is 16.8. The fraction of sp³-hybridized carbons (Fsp3) is 0.706. The monoisotopic (exact) mass is 404 g/mol. The SMILES string of the molecule is COC(=O)C1=CO[C@@H](O[C@@H]2O[C@H](CO)[C@H](O)[C@H](O)[C@H]2O)[C@H]2[C@@H]1C=C[C@]2(O)CO. The number of hydrogen-bond donors (Lipinski definition) is 6. The summed E-state index contributed by atoms with van der Waals surface area (Å²) in [5, 5.41) is 59.5. The second-order valence-electron chi connectivity index (χ2n) is 6.96. The van der Waals surface area contributed by atoms with Gasteiger partial charge in [-0.1, -0.05) is 12.2 Å². The highest BCUT2D eigenvalue weighted by Crippen LogP contribution is 2.45. The summed E-state index contributed by atoms with van der Waals surface area (Å²) >= 11 is 0. The number of aliphatic hydroxyl groups excluding tert-OH is 5. The number of allylic oxidation sites excluding steroid dienone is 1. The maximum atomic E-state index is 12.0. The first-order valence-electron chi connectivity index (χ1n) is 8.69. The molecule has 0 spiro atoms. The Balaban J connectivity index is 1.85. The molecule has 9 atom stereocenters. The fourth-order valence-corrected chi connectivity index (χ4v) is 3.71. The molecule has 1 saturated heterocycles.